The van der Waals surface area contributed by atoms with E-state index in [-0.39, 0.29) is 11.8 Å². The lowest BCUT2D eigenvalue weighted by molar-refractivity contribution is 0.575. The van der Waals surface area contributed by atoms with E-state index in [1.165, 1.54) is 5.56 Å². The molecular formula is C15H22O2S. The Bertz CT molecular complexity index is 553. The standard InChI is InChI=1S/C15H22O2S/c1-8(2)13-11-7-12(18(11,16)17)14(9(3)4)15(13)10(5)6/h7-10H,1-6H3. The Morgan fingerprint density at radius 1 is 0.722 bits per heavy atom. The minimum Gasteiger partial charge on any atom is -0.218 e. The van der Waals surface area contributed by atoms with Crippen LogP contribution in [0.25, 0.3) is 0 Å². The Hall–Kier alpha value is -0.830. The van der Waals surface area contributed by atoms with E-state index in [0.29, 0.717) is 15.7 Å². The van der Waals surface area contributed by atoms with Crippen molar-refractivity contribution in [2.24, 2.45) is 0 Å². The zero-order valence-corrected chi connectivity index (χ0v) is 12.9. The van der Waals surface area contributed by atoms with Crippen LogP contribution in [-0.2, 0) is 9.84 Å². The molecule has 1 aromatic carbocycles. The maximum absolute atomic E-state index is 12.3. The molecule has 2 aliphatic rings. The number of hydrogen-bond acceptors (Lipinski definition) is 2. The molecule has 18 heavy (non-hydrogen) atoms. The van der Waals surface area contributed by atoms with E-state index >= 15 is 0 Å². The third-order valence-electron chi connectivity index (χ3n) is 3.68. The third kappa shape index (κ3) is 1.63. The van der Waals surface area contributed by atoms with Crippen molar-refractivity contribution in [3.63, 3.8) is 0 Å². The molecule has 2 nitrogen and oxygen atoms in total. The second-order valence-electron chi connectivity index (χ2n) is 6.08. The zero-order chi connectivity index (χ0) is 13.8. The summed E-state index contributed by atoms with van der Waals surface area (Å²) < 4.78 is 24.5. The van der Waals surface area contributed by atoms with Gasteiger partial charge in [-0.1, -0.05) is 41.5 Å². The van der Waals surface area contributed by atoms with Crippen molar-refractivity contribution in [1.82, 2.24) is 0 Å². The van der Waals surface area contributed by atoms with Crippen molar-refractivity contribution < 1.29 is 8.42 Å². The van der Waals surface area contributed by atoms with E-state index in [1.54, 1.807) is 0 Å². The number of rotatable bonds is 3. The maximum Gasteiger partial charge on any atom is 0.207 e. The quantitative estimate of drug-likeness (QED) is 0.834. The van der Waals surface area contributed by atoms with Crippen LogP contribution in [0.2, 0.25) is 0 Å². The van der Waals surface area contributed by atoms with Crippen LogP contribution in [0.5, 0.6) is 0 Å². The van der Waals surface area contributed by atoms with Crippen molar-refractivity contribution in [3.8, 4) is 0 Å². The first-order valence-electron chi connectivity index (χ1n) is 6.65. The van der Waals surface area contributed by atoms with Gasteiger partial charge in [-0.2, -0.15) is 0 Å². The van der Waals surface area contributed by atoms with Crippen LogP contribution in [0.1, 0.15) is 76.0 Å². The number of sulfone groups is 1. The highest BCUT2D eigenvalue weighted by Gasteiger charge is 2.40. The lowest BCUT2D eigenvalue weighted by atomic mass is 9.83. The molecular weight excluding hydrogens is 244 g/mol. The van der Waals surface area contributed by atoms with E-state index < -0.39 is 9.84 Å². The summed E-state index contributed by atoms with van der Waals surface area (Å²) in [4.78, 5) is 1.14. The molecule has 0 amide bonds. The molecule has 3 rings (SSSR count). The zero-order valence-electron chi connectivity index (χ0n) is 12.0. The summed E-state index contributed by atoms with van der Waals surface area (Å²) in [7, 11) is -3.14. The molecule has 0 unspecified atom stereocenters. The molecule has 100 valence electrons. The van der Waals surface area contributed by atoms with Gasteiger partial charge in [0.2, 0.25) is 9.84 Å². The number of hydrogen-bond donors (Lipinski definition) is 0. The lowest BCUT2D eigenvalue weighted by Crippen LogP contribution is -2.24. The summed E-state index contributed by atoms with van der Waals surface area (Å²) in [5.74, 6) is 0.868. The van der Waals surface area contributed by atoms with Crippen molar-refractivity contribution in [3.05, 3.63) is 22.8 Å². The molecule has 0 fully saturated rings. The van der Waals surface area contributed by atoms with Crippen molar-refractivity contribution >= 4 is 9.84 Å². The lowest BCUT2D eigenvalue weighted by Gasteiger charge is -2.33. The largest absolute Gasteiger partial charge is 0.218 e. The van der Waals surface area contributed by atoms with Gasteiger partial charge >= 0.3 is 0 Å². The van der Waals surface area contributed by atoms with Crippen molar-refractivity contribution in [1.29, 1.82) is 0 Å². The first-order valence-corrected chi connectivity index (χ1v) is 8.13. The van der Waals surface area contributed by atoms with Gasteiger partial charge in [-0.3, -0.25) is 0 Å². The molecule has 2 heterocycles. The van der Waals surface area contributed by atoms with E-state index in [2.05, 4.69) is 41.5 Å². The summed E-state index contributed by atoms with van der Waals surface area (Å²) in [6.07, 6.45) is 0. The molecule has 2 bridgehead atoms. The predicted octanol–water partition coefficient (Wildman–Crippen LogP) is 4.20. The fourth-order valence-corrected chi connectivity index (χ4v) is 4.87. The van der Waals surface area contributed by atoms with E-state index in [9.17, 15) is 8.42 Å². The Labute approximate surface area is 110 Å². The van der Waals surface area contributed by atoms with Crippen LogP contribution >= 0.6 is 0 Å². The van der Waals surface area contributed by atoms with Crippen molar-refractivity contribution in [2.75, 3.05) is 0 Å². The first kappa shape index (κ1) is 13.6. The van der Waals surface area contributed by atoms with Gasteiger partial charge in [0.05, 0.1) is 9.79 Å². The van der Waals surface area contributed by atoms with Crippen LogP contribution in [0.4, 0.5) is 0 Å². The molecule has 0 radical (unpaired) electrons. The summed E-state index contributed by atoms with van der Waals surface area (Å²) in [5, 5.41) is 0. The summed E-state index contributed by atoms with van der Waals surface area (Å²) in [6, 6.07) is 1.87. The molecule has 0 atom stereocenters. The van der Waals surface area contributed by atoms with Crippen LogP contribution in [-0.4, -0.2) is 8.42 Å². The van der Waals surface area contributed by atoms with Gasteiger partial charge in [-0.15, -0.1) is 0 Å². The average Bonchev–Trinajstić information content (AvgIpc) is 2.26. The van der Waals surface area contributed by atoms with Gasteiger partial charge < -0.3 is 0 Å². The number of fused-ring (bicyclic) bond motifs is 2. The minimum absolute atomic E-state index is 0.249. The summed E-state index contributed by atoms with van der Waals surface area (Å²) >= 11 is 0. The summed E-state index contributed by atoms with van der Waals surface area (Å²) in [6.45, 7) is 12.6. The highest BCUT2D eigenvalue weighted by Crippen LogP contribution is 2.48. The molecule has 1 aromatic rings. The maximum atomic E-state index is 12.3. The van der Waals surface area contributed by atoms with Crippen LogP contribution in [0, 0.1) is 0 Å². The SMILES string of the molecule is CC(C)c1c2cc(c(C(C)C)c1C(C)C)S2(=O)=O. The average molecular weight is 266 g/mol. The predicted molar refractivity (Wildman–Crippen MR) is 74.2 cm³/mol. The Morgan fingerprint density at radius 2 is 1.06 bits per heavy atom. The smallest absolute Gasteiger partial charge is 0.207 e. The Balaban J connectivity index is 2.88. The van der Waals surface area contributed by atoms with Gasteiger partial charge in [0, 0.05) is 0 Å². The fraction of sp³-hybridized carbons (Fsp3) is 0.600. The van der Waals surface area contributed by atoms with Crippen molar-refractivity contribution in [2.45, 2.75) is 69.1 Å². The molecule has 0 aliphatic carbocycles. The van der Waals surface area contributed by atoms with E-state index in [0.717, 1.165) is 11.1 Å². The molecule has 0 N–H and O–H groups in total. The second kappa shape index (κ2) is 4.09. The summed E-state index contributed by atoms with van der Waals surface area (Å²) in [5.41, 5.74) is 3.36. The normalized spacial score (nSPS) is 16.5. The van der Waals surface area contributed by atoms with E-state index in [1.807, 2.05) is 6.07 Å². The molecule has 0 aromatic heterocycles. The molecule has 0 saturated carbocycles. The van der Waals surface area contributed by atoms with Gasteiger partial charge in [0.15, 0.2) is 0 Å². The number of benzene rings is 1. The molecule has 3 heteroatoms. The van der Waals surface area contributed by atoms with E-state index in [4.69, 9.17) is 0 Å². The van der Waals surface area contributed by atoms with Crippen LogP contribution < -0.4 is 0 Å². The topological polar surface area (TPSA) is 34.1 Å². The van der Waals surface area contributed by atoms with Crippen LogP contribution in [0.15, 0.2) is 15.9 Å². The molecule has 2 aliphatic heterocycles. The monoisotopic (exact) mass is 266 g/mol. The second-order valence-corrected chi connectivity index (χ2v) is 7.97. The Morgan fingerprint density at radius 3 is 1.28 bits per heavy atom. The fourth-order valence-electron chi connectivity index (χ4n) is 3.00. The highest BCUT2D eigenvalue weighted by atomic mass is 32.2. The third-order valence-corrected chi connectivity index (χ3v) is 5.52. The van der Waals surface area contributed by atoms with Crippen LogP contribution in [0.3, 0.4) is 0 Å². The Kier molecular flexibility index (Phi) is 3.09. The van der Waals surface area contributed by atoms with Gasteiger partial charge in [0.1, 0.15) is 0 Å². The first-order chi connectivity index (χ1) is 8.19. The van der Waals surface area contributed by atoms with Gasteiger partial charge in [-0.25, -0.2) is 8.42 Å². The molecule has 0 spiro atoms. The van der Waals surface area contributed by atoms with Gasteiger partial charge in [-0.05, 0) is 40.5 Å². The van der Waals surface area contributed by atoms with Gasteiger partial charge in [0.25, 0.3) is 0 Å². The minimum atomic E-state index is -3.14. The highest BCUT2D eigenvalue weighted by molar-refractivity contribution is 7.92. The molecule has 0 saturated heterocycles.